The van der Waals surface area contributed by atoms with Crippen LogP contribution in [0.5, 0.6) is 23.0 Å². The third kappa shape index (κ3) is 2.68. The maximum atomic E-state index is 10.2. The van der Waals surface area contributed by atoms with Gasteiger partial charge in [0, 0.05) is 23.6 Å². The molecule has 0 spiro atoms. The lowest BCUT2D eigenvalue weighted by molar-refractivity contribution is 0.0816. The number of benzene rings is 2. The number of hydrogen-bond donors (Lipinski definition) is 3. The molecule has 2 aliphatic heterocycles. The fourth-order valence-corrected chi connectivity index (χ4v) is 3.79. The predicted molar refractivity (Wildman–Crippen MR) is 94.3 cm³/mol. The SMILES string of the molecule is CC1(C)CCc2c(ccc3c2OC[C@](N)(c2ccc(O)cc2O)C3)O1. The molecule has 5 nitrogen and oxygen atoms in total. The smallest absolute Gasteiger partial charge is 0.129 e. The van der Waals surface area contributed by atoms with E-state index in [1.807, 2.05) is 12.1 Å². The van der Waals surface area contributed by atoms with E-state index in [2.05, 4.69) is 13.8 Å². The van der Waals surface area contributed by atoms with E-state index in [-0.39, 0.29) is 23.7 Å². The lowest BCUT2D eigenvalue weighted by Gasteiger charge is -2.39. The summed E-state index contributed by atoms with van der Waals surface area (Å²) in [5.74, 6) is 1.74. The van der Waals surface area contributed by atoms with Crippen molar-refractivity contribution in [2.75, 3.05) is 6.61 Å². The Morgan fingerprint density at radius 1 is 1.12 bits per heavy atom. The van der Waals surface area contributed by atoms with Crippen LogP contribution in [0.4, 0.5) is 0 Å². The van der Waals surface area contributed by atoms with Gasteiger partial charge in [-0.15, -0.1) is 0 Å². The minimum absolute atomic E-state index is 0.0100. The molecular formula is C20H23NO4. The number of phenols is 2. The fourth-order valence-electron chi connectivity index (χ4n) is 3.79. The topological polar surface area (TPSA) is 84.9 Å². The molecule has 0 amide bonds. The van der Waals surface area contributed by atoms with Crippen LogP contribution in [-0.2, 0) is 18.4 Å². The average molecular weight is 341 g/mol. The van der Waals surface area contributed by atoms with Gasteiger partial charge in [-0.2, -0.15) is 0 Å². The Kier molecular flexibility index (Phi) is 3.41. The van der Waals surface area contributed by atoms with Crippen LogP contribution in [0.1, 0.15) is 37.0 Å². The number of nitrogens with two attached hydrogens (primary N) is 1. The van der Waals surface area contributed by atoms with Crippen molar-refractivity contribution >= 4 is 0 Å². The molecule has 4 N–H and O–H groups in total. The minimum atomic E-state index is -0.839. The first-order chi connectivity index (χ1) is 11.8. The number of rotatable bonds is 1. The molecule has 2 aromatic rings. The van der Waals surface area contributed by atoms with Gasteiger partial charge in [-0.05, 0) is 50.5 Å². The summed E-state index contributed by atoms with van der Waals surface area (Å²) < 4.78 is 12.1. The first-order valence-corrected chi connectivity index (χ1v) is 8.55. The summed E-state index contributed by atoms with van der Waals surface area (Å²) in [5.41, 5.74) is 8.26. The van der Waals surface area contributed by atoms with Crippen molar-refractivity contribution < 1.29 is 19.7 Å². The highest BCUT2D eigenvalue weighted by atomic mass is 16.5. The van der Waals surface area contributed by atoms with Crippen molar-refractivity contribution in [3.05, 3.63) is 47.0 Å². The molecule has 2 aliphatic rings. The molecule has 0 aromatic heterocycles. The van der Waals surface area contributed by atoms with Gasteiger partial charge in [0.2, 0.25) is 0 Å². The lowest BCUT2D eigenvalue weighted by atomic mass is 9.81. The third-order valence-electron chi connectivity index (χ3n) is 5.16. The summed E-state index contributed by atoms with van der Waals surface area (Å²) in [6.45, 7) is 4.45. The Hall–Kier alpha value is -2.40. The Morgan fingerprint density at radius 2 is 1.92 bits per heavy atom. The van der Waals surface area contributed by atoms with Gasteiger partial charge in [-0.1, -0.05) is 6.07 Å². The number of phenolic OH excluding ortho intramolecular Hbond substituents is 2. The molecule has 1 atom stereocenters. The number of hydrogen-bond acceptors (Lipinski definition) is 5. The summed E-state index contributed by atoms with van der Waals surface area (Å²) in [6.07, 6.45) is 2.40. The van der Waals surface area contributed by atoms with E-state index in [0.717, 1.165) is 35.5 Å². The molecule has 132 valence electrons. The predicted octanol–water partition coefficient (Wildman–Crippen LogP) is 2.99. The zero-order valence-electron chi connectivity index (χ0n) is 14.5. The zero-order chi connectivity index (χ0) is 17.8. The maximum Gasteiger partial charge on any atom is 0.129 e. The van der Waals surface area contributed by atoms with E-state index in [1.54, 1.807) is 6.07 Å². The first-order valence-electron chi connectivity index (χ1n) is 8.55. The fraction of sp³-hybridized carbons (Fsp3) is 0.400. The molecule has 25 heavy (non-hydrogen) atoms. The average Bonchev–Trinajstić information content (AvgIpc) is 2.53. The molecule has 0 aliphatic carbocycles. The van der Waals surface area contributed by atoms with E-state index in [1.165, 1.54) is 12.1 Å². The van der Waals surface area contributed by atoms with Crippen molar-refractivity contribution in [2.45, 2.75) is 44.2 Å². The van der Waals surface area contributed by atoms with Gasteiger partial charge >= 0.3 is 0 Å². The highest BCUT2D eigenvalue weighted by molar-refractivity contribution is 5.54. The van der Waals surface area contributed by atoms with E-state index in [4.69, 9.17) is 15.2 Å². The highest BCUT2D eigenvalue weighted by Gasteiger charge is 2.38. The molecule has 5 heteroatoms. The molecule has 0 bridgehead atoms. The van der Waals surface area contributed by atoms with Crippen molar-refractivity contribution in [3.8, 4) is 23.0 Å². The summed E-state index contributed by atoms with van der Waals surface area (Å²) >= 11 is 0. The van der Waals surface area contributed by atoms with Gasteiger partial charge in [0.05, 0.1) is 5.54 Å². The normalized spacial score (nSPS) is 23.8. The van der Waals surface area contributed by atoms with E-state index in [9.17, 15) is 10.2 Å². The van der Waals surface area contributed by atoms with Crippen LogP contribution in [0, 0.1) is 0 Å². The van der Waals surface area contributed by atoms with Crippen molar-refractivity contribution in [3.63, 3.8) is 0 Å². The van der Waals surface area contributed by atoms with E-state index >= 15 is 0 Å². The van der Waals surface area contributed by atoms with Gasteiger partial charge in [0.15, 0.2) is 0 Å². The second-order valence-electron chi connectivity index (χ2n) is 7.72. The van der Waals surface area contributed by atoms with Gasteiger partial charge in [0.1, 0.15) is 35.2 Å². The second kappa shape index (κ2) is 5.30. The summed E-state index contributed by atoms with van der Waals surface area (Å²) in [7, 11) is 0. The van der Waals surface area contributed by atoms with Crippen LogP contribution in [0.2, 0.25) is 0 Å². The van der Waals surface area contributed by atoms with Crippen LogP contribution in [0.3, 0.4) is 0 Å². The zero-order valence-corrected chi connectivity index (χ0v) is 14.5. The van der Waals surface area contributed by atoms with Gasteiger partial charge < -0.3 is 25.4 Å². The molecule has 0 unspecified atom stereocenters. The molecule has 0 saturated carbocycles. The Balaban J connectivity index is 1.71. The Labute approximate surface area is 147 Å². The minimum Gasteiger partial charge on any atom is -0.508 e. The molecule has 0 radical (unpaired) electrons. The number of ether oxygens (including phenoxy) is 2. The van der Waals surface area contributed by atoms with Gasteiger partial charge in [-0.25, -0.2) is 0 Å². The third-order valence-corrected chi connectivity index (χ3v) is 5.16. The molecule has 0 fully saturated rings. The van der Waals surface area contributed by atoms with Crippen LogP contribution in [-0.4, -0.2) is 22.4 Å². The van der Waals surface area contributed by atoms with Gasteiger partial charge in [0.25, 0.3) is 0 Å². The van der Waals surface area contributed by atoms with Crippen LogP contribution in [0.25, 0.3) is 0 Å². The van der Waals surface area contributed by atoms with E-state index < -0.39 is 5.54 Å². The summed E-state index contributed by atoms with van der Waals surface area (Å²) in [5, 5.41) is 19.7. The molecule has 0 saturated heterocycles. The summed E-state index contributed by atoms with van der Waals surface area (Å²) in [6, 6.07) is 8.47. The number of aromatic hydroxyl groups is 2. The van der Waals surface area contributed by atoms with E-state index in [0.29, 0.717) is 12.0 Å². The molecule has 2 aromatic carbocycles. The van der Waals surface area contributed by atoms with Gasteiger partial charge in [-0.3, -0.25) is 0 Å². The first kappa shape index (κ1) is 16.1. The summed E-state index contributed by atoms with van der Waals surface area (Å²) in [4.78, 5) is 0. The Morgan fingerprint density at radius 3 is 2.68 bits per heavy atom. The second-order valence-corrected chi connectivity index (χ2v) is 7.72. The largest absolute Gasteiger partial charge is 0.508 e. The highest BCUT2D eigenvalue weighted by Crippen LogP contribution is 2.45. The van der Waals surface area contributed by atoms with Crippen LogP contribution in [0.15, 0.2) is 30.3 Å². The standard InChI is InChI=1S/C20H23NO4/c1-19(2)8-7-14-17(25-19)6-3-12-10-20(21,11-24-18(12)14)15-5-4-13(22)9-16(15)23/h3-6,9,22-23H,7-8,10-11,21H2,1-2H3/t20-/m0/s1. The monoisotopic (exact) mass is 341 g/mol. The molecule has 4 rings (SSSR count). The maximum absolute atomic E-state index is 10.2. The van der Waals surface area contributed by atoms with Crippen LogP contribution >= 0.6 is 0 Å². The molecule has 2 heterocycles. The van der Waals surface area contributed by atoms with Crippen molar-refractivity contribution in [2.24, 2.45) is 5.73 Å². The molecular weight excluding hydrogens is 318 g/mol. The van der Waals surface area contributed by atoms with Crippen LogP contribution < -0.4 is 15.2 Å². The lowest BCUT2D eigenvalue weighted by Crippen LogP contribution is -2.47. The quantitative estimate of drug-likeness (QED) is 0.742. The Bertz CT molecular complexity index is 846. The van der Waals surface area contributed by atoms with Crippen molar-refractivity contribution in [1.82, 2.24) is 0 Å². The van der Waals surface area contributed by atoms with Crippen molar-refractivity contribution in [1.29, 1.82) is 0 Å². The number of fused-ring (bicyclic) bond motifs is 3.